The highest BCUT2D eigenvalue weighted by molar-refractivity contribution is 5.80. The van der Waals surface area contributed by atoms with Gasteiger partial charge < -0.3 is 15.5 Å². The zero-order valence-electron chi connectivity index (χ0n) is 11.6. The van der Waals surface area contributed by atoms with Crippen molar-refractivity contribution in [1.29, 1.82) is 0 Å². The monoisotopic (exact) mass is 287 g/mol. The van der Waals surface area contributed by atoms with E-state index in [9.17, 15) is 9.59 Å². The van der Waals surface area contributed by atoms with E-state index in [0.29, 0.717) is 24.4 Å². The molecule has 1 amide bonds. The van der Waals surface area contributed by atoms with Gasteiger partial charge in [-0.3, -0.25) is 14.0 Å². The van der Waals surface area contributed by atoms with Crippen LogP contribution in [0.3, 0.4) is 0 Å². The van der Waals surface area contributed by atoms with E-state index in [-0.39, 0.29) is 18.0 Å². The number of nitrogens with zero attached hydrogens (tertiary/aromatic N) is 3. The molecule has 110 valence electrons. The molecule has 3 heterocycles. The minimum atomic E-state index is -0.200. The molecule has 2 N–H and O–H groups in total. The Bertz CT molecular complexity index is 706. The van der Waals surface area contributed by atoms with Crippen LogP contribution in [0.5, 0.6) is 0 Å². The third kappa shape index (κ3) is 2.87. The van der Waals surface area contributed by atoms with Gasteiger partial charge in [-0.1, -0.05) is 6.07 Å². The predicted octanol–water partition coefficient (Wildman–Crippen LogP) is -0.462. The van der Waals surface area contributed by atoms with Crippen LogP contribution < -0.4 is 16.2 Å². The Morgan fingerprint density at radius 3 is 2.95 bits per heavy atom. The summed E-state index contributed by atoms with van der Waals surface area (Å²) in [5.41, 5.74) is 0.720. The molecule has 0 aliphatic carbocycles. The third-order valence-corrected chi connectivity index (χ3v) is 3.51. The van der Waals surface area contributed by atoms with Crippen molar-refractivity contribution in [2.24, 2.45) is 0 Å². The summed E-state index contributed by atoms with van der Waals surface area (Å²) in [7, 11) is 0. The highest BCUT2D eigenvalue weighted by atomic mass is 16.2. The lowest BCUT2D eigenvalue weighted by Gasteiger charge is -2.27. The molecule has 0 unspecified atom stereocenters. The summed E-state index contributed by atoms with van der Waals surface area (Å²) in [4.78, 5) is 30.3. The number of fused-ring (bicyclic) bond motifs is 1. The van der Waals surface area contributed by atoms with Gasteiger partial charge in [0, 0.05) is 32.4 Å². The number of hydrogen-bond donors (Lipinski definition) is 2. The summed E-state index contributed by atoms with van der Waals surface area (Å²) >= 11 is 0. The van der Waals surface area contributed by atoms with Crippen molar-refractivity contribution < 1.29 is 4.79 Å². The lowest BCUT2D eigenvalue weighted by molar-refractivity contribution is -0.129. The van der Waals surface area contributed by atoms with Gasteiger partial charge in [-0.25, -0.2) is 4.98 Å². The minimum absolute atomic E-state index is 0.00550. The Morgan fingerprint density at radius 2 is 2.14 bits per heavy atom. The highest BCUT2D eigenvalue weighted by Gasteiger charge is 2.16. The second-order valence-corrected chi connectivity index (χ2v) is 4.89. The fourth-order valence-electron chi connectivity index (χ4n) is 2.34. The molecule has 0 radical (unpaired) electrons. The number of anilines is 1. The van der Waals surface area contributed by atoms with E-state index in [1.165, 1.54) is 10.6 Å². The van der Waals surface area contributed by atoms with Crippen LogP contribution in [0.25, 0.3) is 5.65 Å². The molecule has 1 saturated heterocycles. The molecule has 1 aliphatic heterocycles. The van der Waals surface area contributed by atoms with E-state index in [0.717, 1.165) is 13.1 Å². The maximum Gasteiger partial charge on any atom is 0.281 e. The summed E-state index contributed by atoms with van der Waals surface area (Å²) in [6.07, 6.45) is 3.14. The molecule has 2 aromatic rings. The second-order valence-electron chi connectivity index (χ2n) is 4.89. The number of carbonyl (C=O) groups excluding carboxylic acids is 1. The van der Waals surface area contributed by atoms with Gasteiger partial charge in [-0.2, -0.15) is 0 Å². The van der Waals surface area contributed by atoms with Gasteiger partial charge in [0.1, 0.15) is 11.3 Å². The lowest BCUT2D eigenvalue weighted by Crippen LogP contribution is -2.48. The standard InChI is InChI=1S/C14H17N5O2/c20-13(18-7-4-15-5-8-18)10-16-11-9-17-12-3-1-2-6-19(12)14(11)21/h1-3,6,9,15-16H,4-5,7-8,10H2. The topological polar surface area (TPSA) is 78.7 Å². The molecule has 0 spiro atoms. The van der Waals surface area contributed by atoms with Crippen LogP contribution in [0.15, 0.2) is 35.4 Å². The summed E-state index contributed by atoms with van der Waals surface area (Å²) in [6, 6.07) is 5.35. The van der Waals surface area contributed by atoms with Gasteiger partial charge in [-0.05, 0) is 12.1 Å². The molecular weight excluding hydrogens is 270 g/mol. The number of pyridine rings is 1. The third-order valence-electron chi connectivity index (χ3n) is 3.51. The number of carbonyl (C=O) groups is 1. The van der Waals surface area contributed by atoms with Crippen molar-refractivity contribution >= 4 is 17.2 Å². The molecular formula is C14H17N5O2. The van der Waals surface area contributed by atoms with E-state index in [4.69, 9.17) is 0 Å². The van der Waals surface area contributed by atoms with Crippen LogP contribution in [0.2, 0.25) is 0 Å². The number of piperazine rings is 1. The predicted molar refractivity (Wildman–Crippen MR) is 79.4 cm³/mol. The fraction of sp³-hybridized carbons (Fsp3) is 0.357. The van der Waals surface area contributed by atoms with Crippen molar-refractivity contribution in [1.82, 2.24) is 19.6 Å². The molecule has 3 rings (SSSR count). The second kappa shape index (κ2) is 5.92. The SMILES string of the molecule is O=C(CNc1cnc2ccccn2c1=O)N1CCNCC1. The van der Waals surface area contributed by atoms with Gasteiger partial charge in [-0.15, -0.1) is 0 Å². The average Bonchev–Trinajstić information content (AvgIpc) is 2.55. The van der Waals surface area contributed by atoms with Gasteiger partial charge in [0.25, 0.3) is 5.56 Å². The Labute approximate surface area is 121 Å². The quantitative estimate of drug-likeness (QED) is 0.798. The van der Waals surface area contributed by atoms with Gasteiger partial charge in [0.2, 0.25) is 5.91 Å². The molecule has 21 heavy (non-hydrogen) atoms. The van der Waals surface area contributed by atoms with Crippen molar-refractivity contribution in [2.75, 3.05) is 38.0 Å². The van der Waals surface area contributed by atoms with E-state index >= 15 is 0 Å². The Balaban J connectivity index is 1.72. The van der Waals surface area contributed by atoms with Crippen molar-refractivity contribution in [2.45, 2.75) is 0 Å². The summed E-state index contributed by atoms with van der Waals surface area (Å²) in [6.45, 7) is 3.14. The highest BCUT2D eigenvalue weighted by Crippen LogP contribution is 2.02. The largest absolute Gasteiger partial charge is 0.370 e. The summed E-state index contributed by atoms with van der Waals surface area (Å²) in [5.74, 6) is -0.00550. The van der Waals surface area contributed by atoms with Crippen LogP contribution in [-0.4, -0.2) is 52.9 Å². The molecule has 1 aliphatic rings. The van der Waals surface area contributed by atoms with Crippen molar-refractivity contribution in [3.8, 4) is 0 Å². The van der Waals surface area contributed by atoms with Crippen LogP contribution in [0.4, 0.5) is 5.69 Å². The van der Waals surface area contributed by atoms with Gasteiger partial charge in [0.15, 0.2) is 0 Å². The summed E-state index contributed by atoms with van der Waals surface area (Å²) < 4.78 is 1.46. The molecule has 7 nitrogen and oxygen atoms in total. The molecule has 1 fully saturated rings. The maximum absolute atomic E-state index is 12.2. The Hall–Kier alpha value is -2.41. The first-order valence-corrected chi connectivity index (χ1v) is 6.94. The fourth-order valence-corrected chi connectivity index (χ4v) is 2.34. The molecule has 2 aromatic heterocycles. The smallest absolute Gasteiger partial charge is 0.281 e. The Morgan fingerprint density at radius 1 is 1.33 bits per heavy atom. The van der Waals surface area contributed by atoms with E-state index in [1.807, 2.05) is 6.07 Å². The Kier molecular flexibility index (Phi) is 3.83. The van der Waals surface area contributed by atoms with Gasteiger partial charge in [0.05, 0.1) is 12.7 Å². The van der Waals surface area contributed by atoms with Crippen LogP contribution >= 0.6 is 0 Å². The normalized spacial score (nSPS) is 15.1. The molecule has 0 atom stereocenters. The molecule has 0 aromatic carbocycles. The lowest BCUT2D eigenvalue weighted by atomic mass is 10.3. The summed E-state index contributed by atoms with van der Waals surface area (Å²) in [5, 5.41) is 6.09. The first-order valence-electron chi connectivity index (χ1n) is 6.94. The van der Waals surface area contributed by atoms with Gasteiger partial charge >= 0.3 is 0 Å². The van der Waals surface area contributed by atoms with Crippen molar-refractivity contribution in [3.63, 3.8) is 0 Å². The average molecular weight is 287 g/mol. The maximum atomic E-state index is 12.2. The molecule has 0 bridgehead atoms. The number of nitrogens with one attached hydrogen (secondary N) is 2. The first-order chi connectivity index (χ1) is 10.3. The first kappa shape index (κ1) is 13.6. The minimum Gasteiger partial charge on any atom is -0.370 e. The number of aromatic nitrogens is 2. The van der Waals surface area contributed by atoms with E-state index in [1.54, 1.807) is 23.2 Å². The number of hydrogen-bond acceptors (Lipinski definition) is 5. The molecule has 7 heteroatoms. The van der Waals surface area contributed by atoms with E-state index < -0.39 is 0 Å². The number of amides is 1. The molecule has 0 saturated carbocycles. The number of rotatable bonds is 3. The van der Waals surface area contributed by atoms with Crippen LogP contribution in [-0.2, 0) is 4.79 Å². The van der Waals surface area contributed by atoms with Crippen molar-refractivity contribution in [3.05, 3.63) is 40.9 Å². The van der Waals surface area contributed by atoms with Crippen LogP contribution in [0, 0.1) is 0 Å². The zero-order chi connectivity index (χ0) is 14.7. The van der Waals surface area contributed by atoms with Crippen LogP contribution in [0.1, 0.15) is 0 Å². The van der Waals surface area contributed by atoms with E-state index in [2.05, 4.69) is 15.6 Å². The zero-order valence-corrected chi connectivity index (χ0v) is 11.6.